The summed E-state index contributed by atoms with van der Waals surface area (Å²) in [6.45, 7) is 3.68. The first-order valence-electron chi connectivity index (χ1n) is 4.56. The SMILES string of the molecule is CC1CN(C(=O)c2nnc(Cl)s2)CCS1. The maximum Gasteiger partial charge on any atom is 0.284 e. The van der Waals surface area contributed by atoms with Gasteiger partial charge in [0.1, 0.15) is 0 Å². The minimum atomic E-state index is -0.0495. The van der Waals surface area contributed by atoms with Gasteiger partial charge in [-0.05, 0) is 11.6 Å². The summed E-state index contributed by atoms with van der Waals surface area (Å²) in [5.74, 6) is 0.936. The van der Waals surface area contributed by atoms with Gasteiger partial charge in [-0.1, -0.05) is 18.3 Å². The van der Waals surface area contributed by atoms with Gasteiger partial charge in [-0.2, -0.15) is 11.8 Å². The highest BCUT2D eigenvalue weighted by atomic mass is 35.5. The van der Waals surface area contributed by atoms with Crippen LogP contribution in [0.1, 0.15) is 16.7 Å². The fraction of sp³-hybridized carbons (Fsp3) is 0.625. The molecule has 0 aliphatic carbocycles. The first-order chi connectivity index (χ1) is 7.16. The number of thioether (sulfide) groups is 1. The van der Waals surface area contributed by atoms with Crippen molar-refractivity contribution in [2.75, 3.05) is 18.8 Å². The van der Waals surface area contributed by atoms with Gasteiger partial charge >= 0.3 is 0 Å². The van der Waals surface area contributed by atoms with E-state index in [9.17, 15) is 4.79 Å². The Labute approximate surface area is 101 Å². The lowest BCUT2D eigenvalue weighted by Gasteiger charge is -2.29. The van der Waals surface area contributed by atoms with Crippen LogP contribution in [-0.4, -0.2) is 45.1 Å². The van der Waals surface area contributed by atoms with Gasteiger partial charge in [-0.25, -0.2) is 0 Å². The highest BCUT2D eigenvalue weighted by Crippen LogP contribution is 2.21. The van der Waals surface area contributed by atoms with Gasteiger partial charge in [-0.15, -0.1) is 10.2 Å². The fourth-order valence-electron chi connectivity index (χ4n) is 1.43. The molecule has 1 aromatic rings. The van der Waals surface area contributed by atoms with Gasteiger partial charge in [0, 0.05) is 24.1 Å². The van der Waals surface area contributed by atoms with E-state index in [4.69, 9.17) is 11.6 Å². The number of nitrogens with zero attached hydrogens (tertiary/aromatic N) is 3. The molecule has 1 aliphatic heterocycles. The summed E-state index contributed by atoms with van der Waals surface area (Å²) in [4.78, 5) is 13.7. The summed E-state index contributed by atoms with van der Waals surface area (Å²) in [5, 5.41) is 8.27. The first kappa shape index (κ1) is 11.2. The second kappa shape index (κ2) is 4.67. The van der Waals surface area contributed by atoms with Crippen LogP contribution in [0.25, 0.3) is 0 Å². The van der Waals surface area contributed by atoms with E-state index in [1.165, 1.54) is 0 Å². The van der Waals surface area contributed by atoms with Crippen LogP contribution < -0.4 is 0 Å². The van der Waals surface area contributed by atoms with Crippen molar-refractivity contribution in [1.82, 2.24) is 15.1 Å². The van der Waals surface area contributed by atoms with Crippen molar-refractivity contribution in [3.63, 3.8) is 0 Å². The van der Waals surface area contributed by atoms with Crippen molar-refractivity contribution in [3.8, 4) is 0 Å². The summed E-state index contributed by atoms with van der Waals surface area (Å²) >= 11 is 8.67. The van der Waals surface area contributed by atoms with Gasteiger partial charge in [0.05, 0.1) is 0 Å². The summed E-state index contributed by atoms with van der Waals surface area (Å²) < 4.78 is 0.317. The van der Waals surface area contributed by atoms with Gasteiger partial charge in [0.15, 0.2) is 0 Å². The van der Waals surface area contributed by atoms with E-state index in [0.717, 1.165) is 30.2 Å². The minimum Gasteiger partial charge on any atom is -0.335 e. The van der Waals surface area contributed by atoms with E-state index < -0.39 is 0 Å². The molecule has 1 atom stereocenters. The zero-order valence-electron chi connectivity index (χ0n) is 8.14. The number of halogens is 1. The number of carbonyl (C=O) groups excluding carboxylic acids is 1. The Hall–Kier alpha value is -0.330. The third-order valence-electron chi connectivity index (χ3n) is 2.11. The molecule has 1 saturated heterocycles. The standard InChI is InChI=1S/C8H10ClN3OS2/c1-5-4-12(2-3-14-5)7(13)6-10-11-8(9)15-6/h5H,2-4H2,1H3. The molecule has 1 unspecified atom stereocenters. The smallest absolute Gasteiger partial charge is 0.284 e. The van der Waals surface area contributed by atoms with Crippen molar-refractivity contribution in [2.45, 2.75) is 12.2 Å². The topological polar surface area (TPSA) is 46.1 Å². The first-order valence-corrected chi connectivity index (χ1v) is 6.81. The summed E-state index contributed by atoms with van der Waals surface area (Å²) in [5.41, 5.74) is 0. The quantitative estimate of drug-likeness (QED) is 0.775. The van der Waals surface area contributed by atoms with Crippen molar-refractivity contribution < 1.29 is 4.79 Å². The number of hydrogen-bond acceptors (Lipinski definition) is 5. The fourth-order valence-corrected chi connectivity index (χ4v) is 3.24. The number of rotatable bonds is 1. The molecule has 7 heteroatoms. The molecule has 2 heterocycles. The average molecular weight is 264 g/mol. The third kappa shape index (κ3) is 2.62. The molecule has 0 aromatic carbocycles. The molecule has 15 heavy (non-hydrogen) atoms. The maximum atomic E-state index is 11.9. The number of amides is 1. The molecule has 0 bridgehead atoms. The van der Waals surface area contributed by atoms with Crippen LogP contribution in [0, 0.1) is 0 Å². The minimum absolute atomic E-state index is 0.0495. The molecule has 1 aromatic heterocycles. The predicted molar refractivity (Wildman–Crippen MR) is 62.7 cm³/mol. The van der Waals surface area contributed by atoms with Crippen molar-refractivity contribution in [1.29, 1.82) is 0 Å². The molecular formula is C8H10ClN3OS2. The summed E-state index contributed by atoms with van der Waals surface area (Å²) in [6.07, 6.45) is 0. The predicted octanol–water partition coefficient (Wildman–Crippen LogP) is 1.77. The second-order valence-electron chi connectivity index (χ2n) is 3.29. The molecule has 0 spiro atoms. The number of aromatic nitrogens is 2. The average Bonchev–Trinajstić information content (AvgIpc) is 2.64. The molecule has 82 valence electrons. The van der Waals surface area contributed by atoms with Gasteiger partial charge < -0.3 is 4.90 Å². The number of carbonyl (C=O) groups is 1. The van der Waals surface area contributed by atoms with Crippen LogP contribution in [0.3, 0.4) is 0 Å². The monoisotopic (exact) mass is 263 g/mol. The Morgan fingerprint density at radius 2 is 2.40 bits per heavy atom. The molecular weight excluding hydrogens is 254 g/mol. The van der Waals surface area contributed by atoms with Crippen LogP contribution >= 0.6 is 34.7 Å². The van der Waals surface area contributed by atoms with E-state index in [1.807, 2.05) is 16.7 Å². The van der Waals surface area contributed by atoms with Crippen molar-refractivity contribution >= 4 is 40.6 Å². The lowest BCUT2D eigenvalue weighted by Crippen LogP contribution is -2.41. The van der Waals surface area contributed by atoms with E-state index in [0.29, 0.717) is 14.7 Å². The normalized spacial score (nSPS) is 21.7. The Bertz CT molecular complexity index is 371. The van der Waals surface area contributed by atoms with Crippen molar-refractivity contribution in [3.05, 3.63) is 9.47 Å². The molecule has 2 rings (SSSR count). The van der Waals surface area contributed by atoms with Gasteiger partial charge in [0.2, 0.25) is 9.47 Å². The highest BCUT2D eigenvalue weighted by molar-refractivity contribution is 7.99. The lowest BCUT2D eigenvalue weighted by atomic mass is 10.3. The maximum absolute atomic E-state index is 11.9. The Morgan fingerprint density at radius 3 is 3.00 bits per heavy atom. The lowest BCUT2D eigenvalue weighted by molar-refractivity contribution is 0.0762. The molecule has 0 N–H and O–H groups in total. The van der Waals surface area contributed by atoms with E-state index in [-0.39, 0.29) is 5.91 Å². The van der Waals surface area contributed by atoms with E-state index in [2.05, 4.69) is 17.1 Å². The molecule has 1 aliphatic rings. The zero-order chi connectivity index (χ0) is 10.8. The molecule has 0 radical (unpaired) electrons. The summed E-state index contributed by atoms with van der Waals surface area (Å²) in [6, 6.07) is 0. The Morgan fingerprint density at radius 1 is 1.60 bits per heavy atom. The van der Waals surface area contributed by atoms with Crippen LogP contribution in [-0.2, 0) is 0 Å². The van der Waals surface area contributed by atoms with Gasteiger partial charge in [-0.3, -0.25) is 4.79 Å². The van der Waals surface area contributed by atoms with Gasteiger partial charge in [0.25, 0.3) is 5.91 Å². The second-order valence-corrected chi connectivity index (χ2v) is 6.40. The zero-order valence-corrected chi connectivity index (χ0v) is 10.5. The number of hydrogen-bond donors (Lipinski definition) is 0. The van der Waals surface area contributed by atoms with E-state index in [1.54, 1.807) is 0 Å². The molecule has 0 saturated carbocycles. The van der Waals surface area contributed by atoms with Crippen LogP contribution in [0.15, 0.2) is 0 Å². The third-order valence-corrected chi connectivity index (χ3v) is 4.25. The molecule has 4 nitrogen and oxygen atoms in total. The Kier molecular flexibility index (Phi) is 3.48. The molecule has 1 fully saturated rings. The highest BCUT2D eigenvalue weighted by Gasteiger charge is 2.24. The van der Waals surface area contributed by atoms with Crippen LogP contribution in [0.2, 0.25) is 4.47 Å². The largest absolute Gasteiger partial charge is 0.335 e. The van der Waals surface area contributed by atoms with Crippen molar-refractivity contribution in [2.24, 2.45) is 0 Å². The van der Waals surface area contributed by atoms with Crippen LogP contribution in [0.4, 0.5) is 0 Å². The van der Waals surface area contributed by atoms with Crippen LogP contribution in [0.5, 0.6) is 0 Å². The van der Waals surface area contributed by atoms with E-state index >= 15 is 0 Å². The Balaban J connectivity index is 2.07. The molecule has 1 amide bonds. The summed E-state index contributed by atoms with van der Waals surface area (Å²) in [7, 11) is 0.